The number of likely N-dealkylation sites (tertiary alicyclic amines) is 1. The Balaban J connectivity index is 1.53. The van der Waals surface area contributed by atoms with E-state index in [4.69, 9.17) is 4.74 Å². The molecule has 0 spiro atoms. The molecule has 1 aromatic rings. The van der Waals surface area contributed by atoms with E-state index in [1.165, 1.54) is 11.1 Å². The summed E-state index contributed by atoms with van der Waals surface area (Å²) < 4.78 is 6.17. The fourth-order valence-corrected chi connectivity index (χ4v) is 3.33. The van der Waals surface area contributed by atoms with Crippen LogP contribution in [-0.2, 0) is 4.79 Å². The summed E-state index contributed by atoms with van der Waals surface area (Å²) in [5.74, 6) is 1.51. The minimum Gasteiger partial charge on any atom is -0.490 e. The molecule has 1 unspecified atom stereocenters. The van der Waals surface area contributed by atoms with Crippen molar-refractivity contribution in [2.75, 3.05) is 26.2 Å². The largest absolute Gasteiger partial charge is 0.490 e. The van der Waals surface area contributed by atoms with E-state index in [9.17, 15) is 4.79 Å². The second-order valence-electron chi connectivity index (χ2n) is 6.60. The molecule has 1 aromatic carbocycles. The molecule has 0 bridgehead atoms. The molecule has 0 aliphatic carbocycles. The highest BCUT2D eigenvalue weighted by molar-refractivity contribution is 5.79. The van der Waals surface area contributed by atoms with Crippen LogP contribution in [0.2, 0.25) is 0 Å². The number of nitrogens with one attached hydrogen (secondary N) is 1. The molecule has 0 aromatic heterocycles. The number of hydrogen-bond acceptors (Lipinski definition) is 3. The quantitative estimate of drug-likeness (QED) is 0.931. The SMILES string of the molecule is Cc1ccc(C)c(OC2CCN(C(=O)C3CCNC3)CC2)c1. The topological polar surface area (TPSA) is 41.6 Å². The van der Waals surface area contributed by atoms with Crippen molar-refractivity contribution in [2.45, 2.75) is 39.2 Å². The van der Waals surface area contributed by atoms with Crippen molar-refractivity contribution < 1.29 is 9.53 Å². The Hall–Kier alpha value is -1.55. The van der Waals surface area contributed by atoms with Crippen LogP contribution < -0.4 is 10.1 Å². The first-order valence-electron chi connectivity index (χ1n) is 8.37. The number of piperidine rings is 1. The standard InChI is InChI=1S/C18H26N2O2/c1-13-3-4-14(2)17(11-13)22-16-6-9-20(10-7-16)18(21)15-5-8-19-12-15/h3-4,11,15-16,19H,5-10,12H2,1-2H3. The number of ether oxygens (including phenoxy) is 1. The van der Waals surface area contributed by atoms with Gasteiger partial charge in [-0.3, -0.25) is 4.79 Å². The summed E-state index contributed by atoms with van der Waals surface area (Å²) in [5.41, 5.74) is 2.41. The van der Waals surface area contributed by atoms with Crippen molar-refractivity contribution >= 4 is 5.91 Å². The van der Waals surface area contributed by atoms with Gasteiger partial charge in [0.25, 0.3) is 0 Å². The predicted octanol–water partition coefficient (Wildman–Crippen LogP) is 2.28. The van der Waals surface area contributed by atoms with Crippen LogP contribution >= 0.6 is 0 Å². The van der Waals surface area contributed by atoms with Gasteiger partial charge in [0.1, 0.15) is 11.9 Å². The Morgan fingerprint density at radius 2 is 2.00 bits per heavy atom. The van der Waals surface area contributed by atoms with Gasteiger partial charge in [0.2, 0.25) is 5.91 Å². The van der Waals surface area contributed by atoms with Crippen molar-refractivity contribution in [1.29, 1.82) is 0 Å². The number of benzene rings is 1. The lowest BCUT2D eigenvalue weighted by Crippen LogP contribution is -2.44. The number of nitrogens with zero attached hydrogens (tertiary/aromatic N) is 1. The average molecular weight is 302 g/mol. The van der Waals surface area contributed by atoms with Gasteiger partial charge < -0.3 is 15.0 Å². The molecular weight excluding hydrogens is 276 g/mol. The minimum atomic E-state index is 0.191. The van der Waals surface area contributed by atoms with Gasteiger partial charge in [-0.05, 0) is 44.0 Å². The van der Waals surface area contributed by atoms with Gasteiger partial charge in [-0.15, -0.1) is 0 Å². The highest BCUT2D eigenvalue weighted by Gasteiger charge is 2.30. The van der Waals surface area contributed by atoms with Gasteiger partial charge in [-0.2, -0.15) is 0 Å². The Labute approximate surface area is 132 Å². The van der Waals surface area contributed by atoms with E-state index in [0.29, 0.717) is 5.91 Å². The molecule has 3 rings (SSSR count). The van der Waals surface area contributed by atoms with Crippen LogP contribution in [0, 0.1) is 19.8 Å². The van der Waals surface area contributed by atoms with E-state index >= 15 is 0 Å². The van der Waals surface area contributed by atoms with E-state index in [1.54, 1.807) is 0 Å². The molecule has 1 atom stereocenters. The summed E-state index contributed by atoms with van der Waals surface area (Å²) in [6, 6.07) is 6.33. The fraction of sp³-hybridized carbons (Fsp3) is 0.611. The zero-order valence-electron chi connectivity index (χ0n) is 13.6. The first kappa shape index (κ1) is 15.3. The Kier molecular flexibility index (Phi) is 4.67. The Morgan fingerprint density at radius 3 is 2.68 bits per heavy atom. The number of amides is 1. The fourth-order valence-electron chi connectivity index (χ4n) is 3.33. The molecule has 120 valence electrons. The number of aryl methyl sites for hydroxylation is 2. The van der Waals surface area contributed by atoms with Crippen molar-refractivity contribution in [3.63, 3.8) is 0 Å². The molecule has 0 radical (unpaired) electrons. The van der Waals surface area contributed by atoms with Gasteiger partial charge in [-0.25, -0.2) is 0 Å². The number of carbonyl (C=O) groups excluding carboxylic acids is 1. The van der Waals surface area contributed by atoms with Gasteiger partial charge in [-0.1, -0.05) is 12.1 Å². The summed E-state index contributed by atoms with van der Waals surface area (Å²) >= 11 is 0. The monoisotopic (exact) mass is 302 g/mol. The normalized spacial score (nSPS) is 22.8. The molecule has 2 aliphatic heterocycles. The first-order chi connectivity index (χ1) is 10.6. The maximum atomic E-state index is 12.4. The van der Waals surface area contributed by atoms with Crippen LogP contribution in [0.5, 0.6) is 5.75 Å². The van der Waals surface area contributed by atoms with Crippen LogP contribution in [0.3, 0.4) is 0 Å². The number of hydrogen-bond donors (Lipinski definition) is 1. The van der Waals surface area contributed by atoms with E-state index in [-0.39, 0.29) is 12.0 Å². The molecule has 2 aliphatic rings. The number of rotatable bonds is 3. The maximum absolute atomic E-state index is 12.4. The van der Waals surface area contributed by atoms with Crippen LogP contribution in [0.4, 0.5) is 0 Å². The molecule has 0 saturated carbocycles. The predicted molar refractivity (Wildman–Crippen MR) is 87.1 cm³/mol. The Bertz CT molecular complexity index is 530. The van der Waals surface area contributed by atoms with Crippen molar-refractivity contribution in [1.82, 2.24) is 10.2 Å². The Morgan fingerprint density at radius 1 is 1.23 bits per heavy atom. The first-order valence-corrected chi connectivity index (χ1v) is 8.37. The highest BCUT2D eigenvalue weighted by atomic mass is 16.5. The van der Waals surface area contributed by atoms with Crippen LogP contribution in [0.15, 0.2) is 18.2 Å². The van der Waals surface area contributed by atoms with Gasteiger partial charge >= 0.3 is 0 Å². The van der Waals surface area contributed by atoms with Crippen LogP contribution in [0.25, 0.3) is 0 Å². The number of carbonyl (C=O) groups is 1. The summed E-state index contributed by atoms with van der Waals surface area (Å²) in [6.07, 6.45) is 3.07. The van der Waals surface area contributed by atoms with E-state index in [2.05, 4.69) is 37.4 Å². The zero-order valence-corrected chi connectivity index (χ0v) is 13.6. The molecule has 1 amide bonds. The molecule has 4 nitrogen and oxygen atoms in total. The lowest BCUT2D eigenvalue weighted by Gasteiger charge is -2.33. The molecular formula is C18H26N2O2. The van der Waals surface area contributed by atoms with Crippen molar-refractivity contribution in [2.24, 2.45) is 5.92 Å². The smallest absolute Gasteiger partial charge is 0.227 e. The average Bonchev–Trinajstić information content (AvgIpc) is 3.05. The molecule has 1 N–H and O–H groups in total. The van der Waals surface area contributed by atoms with Gasteiger partial charge in [0, 0.05) is 32.5 Å². The van der Waals surface area contributed by atoms with Crippen molar-refractivity contribution in [3.8, 4) is 5.75 Å². The second kappa shape index (κ2) is 6.69. The third kappa shape index (κ3) is 3.43. The van der Waals surface area contributed by atoms with Gasteiger partial charge in [0.05, 0.1) is 5.92 Å². The molecule has 22 heavy (non-hydrogen) atoms. The van der Waals surface area contributed by atoms with Crippen LogP contribution in [-0.4, -0.2) is 43.1 Å². The third-order valence-electron chi connectivity index (χ3n) is 4.80. The maximum Gasteiger partial charge on any atom is 0.227 e. The summed E-state index contributed by atoms with van der Waals surface area (Å²) in [4.78, 5) is 14.4. The summed E-state index contributed by atoms with van der Waals surface area (Å²) in [7, 11) is 0. The molecule has 2 fully saturated rings. The molecule has 4 heteroatoms. The second-order valence-corrected chi connectivity index (χ2v) is 6.60. The molecule has 2 saturated heterocycles. The minimum absolute atomic E-state index is 0.191. The summed E-state index contributed by atoms with van der Waals surface area (Å²) in [5, 5.41) is 3.27. The third-order valence-corrected chi connectivity index (χ3v) is 4.80. The van der Waals surface area contributed by atoms with Gasteiger partial charge in [0.15, 0.2) is 0 Å². The zero-order chi connectivity index (χ0) is 15.5. The van der Waals surface area contributed by atoms with E-state index in [1.807, 2.05) is 4.90 Å². The lowest BCUT2D eigenvalue weighted by atomic mass is 10.0. The highest BCUT2D eigenvalue weighted by Crippen LogP contribution is 2.24. The molecule has 2 heterocycles. The van der Waals surface area contributed by atoms with Crippen LogP contribution in [0.1, 0.15) is 30.4 Å². The van der Waals surface area contributed by atoms with E-state index < -0.39 is 0 Å². The summed E-state index contributed by atoms with van der Waals surface area (Å²) in [6.45, 7) is 7.64. The lowest BCUT2D eigenvalue weighted by molar-refractivity contribution is -0.136. The van der Waals surface area contributed by atoms with Crippen molar-refractivity contribution in [3.05, 3.63) is 29.3 Å². The van der Waals surface area contributed by atoms with E-state index in [0.717, 1.165) is 51.2 Å².